The van der Waals surface area contributed by atoms with Gasteiger partial charge in [0.05, 0.1) is 0 Å². The maximum absolute atomic E-state index is 5.44. The van der Waals surface area contributed by atoms with E-state index < -0.39 is 0 Å². The fraction of sp³-hybridized carbons (Fsp3) is 0.500. The van der Waals surface area contributed by atoms with Crippen LogP contribution in [-0.4, -0.2) is 25.0 Å². The average Bonchev–Trinajstić information content (AvgIpc) is 2.25. The Labute approximate surface area is 98.7 Å². The number of rotatable bonds is 7. The molecule has 4 heteroatoms. The van der Waals surface area contributed by atoms with Gasteiger partial charge in [-0.3, -0.25) is 0 Å². The third-order valence-corrected chi connectivity index (χ3v) is 2.13. The molecule has 1 radical (unpaired) electrons. The Bertz CT molecular complexity index is 229. The quantitative estimate of drug-likeness (QED) is 0.501. The van der Waals surface area contributed by atoms with Crippen LogP contribution in [0.5, 0.6) is 0 Å². The molecule has 0 aliphatic carbocycles. The van der Waals surface area contributed by atoms with Crippen molar-refractivity contribution in [2.75, 3.05) is 6.61 Å². The lowest BCUT2D eigenvalue weighted by atomic mass is 9.88. The van der Waals surface area contributed by atoms with Gasteiger partial charge in [0.2, 0.25) is 0 Å². The molecule has 91 valence electrons. The largest absolute Gasteiger partial charge is 0.434 e. The summed E-state index contributed by atoms with van der Waals surface area (Å²) in [5.41, 5.74) is 1.14. The van der Waals surface area contributed by atoms with Gasteiger partial charge >= 0.3 is 7.48 Å². The topological polar surface area (TPSA) is 72.2 Å². The summed E-state index contributed by atoms with van der Waals surface area (Å²) in [6.45, 7) is 3.06. The molecule has 4 N–H and O–H groups in total. The summed E-state index contributed by atoms with van der Waals surface area (Å²) in [5, 5.41) is 0. The Hall–Kier alpha value is -0.835. The summed E-state index contributed by atoms with van der Waals surface area (Å²) < 4.78 is 5.44. The van der Waals surface area contributed by atoms with E-state index in [-0.39, 0.29) is 11.0 Å². The summed E-state index contributed by atoms with van der Waals surface area (Å²) in [4.78, 5) is 0. The van der Waals surface area contributed by atoms with Crippen molar-refractivity contribution < 1.29 is 15.6 Å². The normalized spacial score (nSPS) is 8.81. The van der Waals surface area contributed by atoms with Crippen molar-refractivity contribution in [1.82, 2.24) is 0 Å². The fourth-order valence-corrected chi connectivity index (χ4v) is 1.30. The first-order valence-electron chi connectivity index (χ1n) is 5.43. The van der Waals surface area contributed by atoms with Gasteiger partial charge in [-0.2, -0.15) is 0 Å². The van der Waals surface area contributed by atoms with Gasteiger partial charge in [-0.25, -0.2) is 0 Å². The van der Waals surface area contributed by atoms with Crippen molar-refractivity contribution in [1.29, 1.82) is 0 Å². The maximum atomic E-state index is 5.44. The van der Waals surface area contributed by atoms with E-state index in [0.717, 1.165) is 18.5 Å². The summed E-state index contributed by atoms with van der Waals surface area (Å²) >= 11 is 0. The van der Waals surface area contributed by atoms with E-state index >= 15 is 0 Å². The van der Waals surface area contributed by atoms with E-state index in [1.807, 2.05) is 37.8 Å². The van der Waals surface area contributed by atoms with E-state index in [1.165, 1.54) is 19.3 Å². The lowest BCUT2D eigenvalue weighted by molar-refractivity contribution is 0.327. The Balaban J connectivity index is 0. The molecule has 0 spiro atoms. The van der Waals surface area contributed by atoms with Crippen molar-refractivity contribution in [2.24, 2.45) is 0 Å². The first-order chi connectivity index (χ1) is 6.93. The second-order valence-corrected chi connectivity index (χ2v) is 3.46. The molecule has 0 saturated heterocycles. The van der Waals surface area contributed by atoms with Crippen molar-refractivity contribution in [3.05, 3.63) is 30.3 Å². The minimum atomic E-state index is 0. The highest BCUT2D eigenvalue weighted by atomic mass is 16.4. The zero-order chi connectivity index (χ0) is 10.1. The SMILES string of the molecule is CCCCCCO[B]c1ccccc1.O.O. The van der Waals surface area contributed by atoms with Crippen molar-refractivity contribution in [3.63, 3.8) is 0 Å². The molecule has 0 aliphatic heterocycles. The lowest BCUT2D eigenvalue weighted by Crippen LogP contribution is -2.17. The molecular weight excluding hydrogens is 203 g/mol. The van der Waals surface area contributed by atoms with Gasteiger partial charge in [0.25, 0.3) is 0 Å². The zero-order valence-corrected chi connectivity index (χ0v) is 9.91. The van der Waals surface area contributed by atoms with Crippen molar-refractivity contribution in [2.45, 2.75) is 32.6 Å². The molecule has 3 nitrogen and oxygen atoms in total. The van der Waals surface area contributed by atoms with E-state index in [9.17, 15) is 0 Å². The van der Waals surface area contributed by atoms with Crippen molar-refractivity contribution >= 4 is 12.9 Å². The van der Waals surface area contributed by atoms with Crippen LogP contribution in [0, 0.1) is 0 Å². The highest BCUT2D eigenvalue weighted by Crippen LogP contribution is 1.98. The third-order valence-electron chi connectivity index (χ3n) is 2.13. The summed E-state index contributed by atoms with van der Waals surface area (Å²) in [6, 6.07) is 10.1. The molecule has 1 aromatic carbocycles. The predicted molar refractivity (Wildman–Crippen MR) is 69.2 cm³/mol. The molecular formula is C12H22BO3. The van der Waals surface area contributed by atoms with Crippen molar-refractivity contribution in [3.8, 4) is 0 Å². The molecule has 0 bridgehead atoms. The minimum Gasteiger partial charge on any atom is -0.434 e. The lowest BCUT2D eigenvalue weighted by Gasteiger charge is -2.02. The molecule has 0 heterocycles. The van der Waals surface area contributed by atoms with Crippen LogP contribution in [-0.2, 0) is 4.65 Å². The summed E-state index contributed by atoms with van der Waals surface area (Å²) in [5.74, 6) is 0. The van der Waals surface area contributed by atoms with Crippen LogP contribution < -0.4 is 5.46 Å². The molecule has 0 aromatic heterocycles. The standard InChI is InChI=1S/C12H18BO.2H2O/c1-2-3-4-8-11-14-13-12-9-6-5-7-10-12;;/h5-7,9-10H,2-4,8,11H2,1H3;2*1H2. The second kappa shape index (κ2) is 12.2. The highest BCUT2D eigenvalue weighted by Gasteiger charge is 1.95. The second-order valence-electron chi connectivity index (χ2n) is 3.46. The first kappa shape index (κ1) is 17.6. The summed E-state index contributed by atoms with van der Waals surface area (Å²) in [6.07, 6.45) is 5.04. The third kappa shape index (κ3) is 8.47. The van der Waals surface area contributed by atoms with E-state index in [2.05, 4.69) is 6.92 Å². The molecule has 0 unspecified atom stereocenters. The number of benzene rings is 1. The zero-order valence-electron chi connectivity index (χ0n) is 9.91. The number of unbranched alkanes of at least 4 members (excludes halogenated alkanes) is 3. The van der Waals surface area contributed by atoms with Crippen LogP contribution in [0.3, 0.4) is 0 Å². The number of hydrogen-bond donors (Lipinski definition) is 0. The van der Waals surface area contributed by atoms with Gasteiger partial charge < -0.3 is 15.6 Å². The Kier molecular flexibility index (Phi) is 13.4. The molecule has 1 aromatic rings. The Morgan fingerprint density at radius 2 is 1.69 bits per heavy atom. The fourth-order valence-electron chi connectivity index (χ4n) is 1.30. The monoisotopic (exact) mass is 225 g/mol. The van der Waals surface area contributed by atoms with Crippen LogP contribution >= 0.6 is 0 Å². The van der Waals surface area contributed by atoms with Crippen LogP contribution in [0.4, 0.5) is 0 Å². The average molecular weight is 225 g/mol. The first-order valence-corrected chi connectivity index (χ1v) is 5.43. The highest BCUT2D eigenvalue weighted by molar-refractivity contribution is 6.46. The van der Waals surface area contributed by atoms with Gasteiger partial charge in [-0.15, -0.1) is 0 Å². The minimum absolute atomic E-state index is 0. The molecule has 0 amide bonds. The van der Waals surface area contributed by atoms with Crippen LogP contribution in [0.1, 0.15) is 32.6 Å². The smallest absolute Gasteiger partial charge is 0.329 e. The van der Waals surface area contributed by atoms with E-state index in [1.54, 1.807) is 0 Å². The Morgan fingerprint density at radius 3 is 2.31 bits per heavy atom. The molecule has 16 heavy (non-hydrogen) atoms. The summed E-state index contributed by atoms with van der Waals surface area (Å²) in [7, 11) is 1.84. The van der Waals surface area contributed by atoms with E-state index in [4.69, 9.17) is 4.65 Å². The van der Waals surface area contributed by atoms with Gasteiger partial charge in [0, 0.05) is 6.61 Å². The van der Waals surface area contributed by atoms with Gasteiger partial charge in [0.15, 0.2) is 0 Å². The molecule has 0 aliphatic rings. The Morgan fingerprint density at radius 1 is 1.00 bits per heavy atom. The predicted octanol–water partition coefficient (Wildman–Crippen LogP) is 0.879. The molecule has 0 saturated carbocycles. The molecule has 0 atom stereocenters. The molecule has 0 fully saturated rings. The van der Waals surface area contributed by atoms with Gasteiger partial charge in [-0.05, 0) is 6.42 Å². The molecule has 1 rings (SSSR count). The van der Waals surface area contributed by atoms with E-state index in [0.29, 0.717) is 0 Å². The maximum Gasteiger partial charge on any atom is 0.329 e. The number of hydrogen-bond acceptors (Lipinski definition) is 1. The van der Waals surface area contributed by atoms with Crippen LogP contribution in [0.25, 0.3) is 0 Å². The van der Waals surface area contributed by atoms with Gasteiger partial charge in [0.1, 0.15) is 0 Å². The van der Waals surface area contributed by atoms with Crippen LogP contribution in [0.2, 0.25) is 0 Å². The van der Waals surface area contributed by atoms with Gasteiger partial charge in [-0.1, -0.05) is 62.0 Å². The van der Waals surface area contributed by atoms with Crippen LogP contribution in [0.15, 0.2) is 30.3 Å².